The van der Waals surface area contributed by atoms with Crippen LogP contribution in [-0.2, 0) is 18.3 Å². The molecule has 0 aliphatic rings. The molecule has 0 spiro atoms. The first kappa shape index (κ1) is 18.3. The molecule has 0 saturated carbocycles. The molecular weight excluding hydrogens is 340 g/mol. The predicted octanol–water partition coefficient (Wildman–Crippen LogP) is -1.18. The van der Waals surface area contributed by atoms with E-state index in [0.29, 0.717) is 0 Å². The van der Waals surface area contributed by atoms with E-state index in [1.54, 1.807) is 0 Å². The Hall–Kier alpha value is 0.340. The van der Waals surface area contributed by atoms with Gasteiger partial charge < -0.3 is 39.1 Å². The summed E-state index contributed by atoms with van der Waals surface area (Å²) in [5, 5.41) is -5.15. The van der Waals surface area contributed by atoms with E-state index in [4.69, 9.17) is 39.1 Å². The smallest absolute Gasteiger partial charge is 0.321 e. The van der Waals surface area contributed by atoms with Gasteiger partial charge in [-0.05, 0) is 0 Å². The second kappa shape index (κ2) is 5.03. The quantitative estimate of drug-likeness (QED) is 0.281. The molecular formula is C2H8O12P4. The molecule has 0 bridgehead atoms. The summed E-state index contributed by atoms with van der Waals surface area (Å²) in [7, 11) is -24.1. The summed E-state index contributed by atoms with van der Waals surface area (Å²) in [5.74, 6) is 0. The fourth-order valence-electron chi connectivity index (χ4n) is 0.860. The second-order valence-corrected chi connectivity index (χ2v) is 9.67. The zero-order valence-corrected chi connectivity index (χ0v) is 11.6. The van der Waals surface area contributed by atoms with Crippen LogP contribution < -0.4 is 0 Å². The van der Waals surface area contributed by atoms with Gasteiger partial charge in [-0.3, -0.25) is 18.3 Å². The van der Waals surface area contributed by atoms with Crippen LogP contribution in [0.2, 0.25) is 0 Å². The summed E-state index contributed by atoms with van der Waals surface area (Å²) < 4.78 is 43.1. The summed E-state index contributed by atoms with van der Waals surface area (Å²) in [6.07, 6.45) is 0. The van der Waals surface area contributed by atoms with E-state index in [9.17, 15) is 18.3 Å². The van der Waals surface area contributed by atoms with Crippen molar-refractivity contribution in [3.05, 3.63) is 10.1 Å². The van der Waals surface area contributed by atoms with Crippen LogP contribution in [0.1, 0.15) is 0 Å². The molecule has 0 aromatic carbocycles. The van der Waals surface area contributed by atoms with Crippen molar-refractivity contribution < 1.29 is 57.4 Å². The average Bonchev–Trinajstić information content (AvgIpc) is 1.89. The first-order valence-corrected chi connectivity index (χ1v) is 9.92. The third-order valence-electron chi connectivity index (χ3n) is 1.30. The Morgan fingerprint density at radius 2 is 0.556 bits per heavy atom. The lowest BCUT2D eigenvalue weighted by Gasteiger charge is -2.18. The molecule has 0 fully saturated rings. The van der Waals surface area contributed by atoms with Crippen LogP contribution in [0.4, 0.5) is 0 Å². The maximum absolute atomic E-state index is 10.8. The van der Waals surface area contributed by atoms with Gasteiger partial charge >= 0.3 is 30.4 Å². The molecule has 12 nitrogen and oxygen atoms in total. The summed E-state index contributed by atoms with van der Waals surface area (Å²) in [5.41, 5.74) is 0. The molecule has 0 aliphatic heterocycles. The van der Waals surface area contributed by atoms with Crippen LogP contribution in [0.15, 0.2) is 10.1 Å². The summed E-state index contributed by atoms with van der Waals surface area (Å²) >= 11 is 0. The second-order valence-electron chi connectivity index (χ2n) is 2.82. The molecule has 0 rings (SSSR count). The summed E-state index contributed by atoms with van der Waals surface area (Å²) in [6, 6.07) is 0. The molecule has 108 valence electrons. The zero-order valence-electron chi connectivity index (χ0n) is 8.00. The minimum atomic E-state index is -6.01. The van der Waals surface area contributed by atoms with Crippen molar-refractivity contribution in [2.24, 2.45) is 0 Å². The molecule has 0 aromatic rings. The van der Waals surface area contributed by atoms with Gasteiger partial charge in [-0.2, -0.15) is 0 Å². The minimum absolute atomic E-state index is 2.57. The van der Waals surface area contributed by atoms with Gasteiger partial charge in [0, 0.05) is 0 Å². The number of rotatable bonds is 4. The Morgan fingerprint density at radius 3 is 0.611 bits per heavy atom. The molecule has 0 atom stereocenters. The molecule has 0 radical (unpaired) electrons. The predicted molar refractivity (Wildman–Crippen MR) is 55.2 cm³/mol. The van der Waals surface area contributed by atoms with Gasteiger partial charge in [0.05, 0.1) is 0 Å². The number of hydrogen-bond donors (Lipinski definition) is 8. The Morgan fingerprint density at radius 1 is 0.444 bits per heavy atom. The van der Waals surface area contributed by atoms with Gasteiger partial charge in [0.1, 0.15) is 0 Å². The molecule has 0 unspecified atom stereocenters. The van der Waals surface area contributed by atoms with Crippen LogP contribution in [0.5, 0.6) is 0 Å². The van der Waals surface area contributed by atoms with E-state index in [-0.39, 0.29) is 0 Å². The largest absolute Gasteiger partial charge is 0.365 e. The SMILES string of the molecule is O=P(O)(O)C(=C(P(=O)(O)O)P(=O)(O)O)P(=O)(O)O. The Balaban J connectivity index is 6.87. The number of hydrogen-bond acceptors (Lipinski definition) is 4. The fraction of sp³-hybridized carbons (Fsp3) is 0. The maximum atomic E-state index is 10.8. The van der Waals surface area contributed by atoms with E-state index in [1.165, 1.54) is 0 Å². The van der Waals surface area contributed by atoms with Crippen molar-refractivity contribution in [3.63, 3.8) is 0 Å². The molecule has 0 aliphatic carbocycles. The highest BCUT2D eigenvalue weighted by molar-refractivity contribution is 7.84. The molecule has 0 amide bonds. The van der Waals surface area contributed by atoms with Crippen molar-refractivity contribution in [2.75, 3.05) is 0 Å². The molecule has 16 heteroatoms. The van der Waals surface area contributed by atoms with Gasteiger partial charge in [0.15, 0.2) is 10.1 Å². The first-order valence-electron chi connectivity index (χ1n) is 3.47. The monoisotopic (exact) mass is 348 g/mol. The average molecular weight is 348 g/mol. The summed E-state index contributed by atoms with van der Waals surface area (Å²) in [6.45, 7) is 0. The van der Waals surface area contributed by atoms with Crippen molar-refractivity contribution in [2.45, 2.75) is 0 Å². The Bertz CT molecular complexity index is 447. The van der Waals surface area contributed by atoms with Crippen LogP contribution in [-0.4, -0.2) is 39.1 Å². The lowest BCUT2D eigenvalue weighted by atomic mass is 11.2. The van der Waals surface area contributed by atoms with Gasteiger partial charge in [0.2, 0.25) is 0 Å². The molecule has 0 heterocycles. The van der Waals surface area contributed by atoms with Gasteiger partial charge in [-0.1, -0.05) is 0 Å². The molecule has 8 N–H and O–H groups in total. The highest BCUT2D eigenvalue weighted by Gasteiger charge is 2.51. The van der Waals surface area contributed by atoms with Crippen LogP contribution in [0.3, 0.4) is 0 Å². The van der Waals surface area contributed by atoms with E-state index in [1.807, 2.05) is 0 Å². The summed E-state index contributed by atoms with van der Waals surface area (Å²) in [4.78, 5) is 68.7. The zero-order chi connectivity index (χ0) is 15.2. The minimum Gasteiger partial charge on any atom is -0.321 e. The van der Waals surface area contributed by atoms with E-state index < -0.39 is 40.5 Å². The topological polar surface area (TPSA) is 230 Å². The fourth-order valence-corrected chi connectivity index (χ4v) is 7.74. The van der Waals surface area contributed by atoms with E-state index >= 15 is 0 Å². The highest BCUT2D eigenvalue weighted by atomic mass is 31.3. The van der Waals surface area contributed by atoms with Crippen LogP contribution in [0.25, 0.3) is 0 Å². The maximum Gasteiger partial charge on any atom is 0.365 e. The van der Waals surface area contributed by atoms with Gasteiger partial charge in [-0.15, -0.1) is 0 Å². The Labute approximate surface area is 98.6 Å². The highest BCUT2D eigenvalue weighted by Crippen LogP contribution is 2.76. The van der Waals surface area contributed by atoms with Gasteiger partial charge in [0.25, 0.3) is 0 Å². The van der Waals surface area contributed by atoms with Crippen molar-refractivity contribution in [1.82, 2.24) is 0 Å². The third-order valence-corrected chi connectivity index (χ3v) is 8.24. The lowest BCUT2D eigenvalue weighted by Crippen LogP contribution is -1.98. The Kier molecular flexibility index (Phi) is 5.12. The third kappa shape index (κ3) is 4.79. The van der Waals surface area contributed by atoms with Crippen molar-refractivity contribution >= 4 is 30.4 Å². The normalized spacial score (nSPS) is 14.4. The van der Waals surface area contributed by atoms with Crippen LogP contribution in [0, 0.1) is 0 Å². The first-order chi connectivity index (χ1) is 7.49. The standard InChI is InChI=1S/C2H8O12P4/c3-15(4,5)1(16(6,7)8)2(17(9,10)11)18(12,13)14/h(H2,3,4,5)(H2,6,7,8)(H2,9,10,11)(H2,12,13,14). The molecule has 18 heavy (non-hydrogen) atoms. The lowest BCUT2D eigenvalue weighted by molar-refractivity contribution is 0.353. The van der Waals surface area contributed by atoms with Crippen molar-refractivity contribution in [3.8, 4) is 0 Å². The van der Waals surface area contributed by atoms with Crippen LogP contribution >= 0.6 is 30.4 Å². The van der Waals surface area contributed by atoms with Gasteiger partial charge in [-0.25, -0.2) is 0 Å². The molecule has 0 aromatic heterocycles. The van der Waals surface area contributed by atoms with Crippen molar-refractivity contribution in [1.29, 1.82) is 0 Å². The van der Waals surface area contributed by atoms with E-state index in [0.717, 1.165) is 0 Å². The van der Waals surface area contributed by atoms with E-state index in [2.05, 4.69) is 0 Å². The molecule has 0 saturated heterocycles.